The van der Waals surface area contributed by atoms with Crippen LogP contribution in [0.5, 0.6) is 0 Å². The number of hydrogen-bond acceptors (Lipinski definition) is 10. The van der Waals surface area contributed by atoms with Gasteiger partial charge in [-0.1, -0.05) is 245 Å². The van der Waals surface area contributed by atoms with Gasteiger partial charge >= 0.3 is 10.4 Å². The molecule has 1 heterocycles. The number of carbonyl (C=O) groups is 1. The lowest BCUT2D eigenvalue weighted by Crippen LogP contribution is -2.61. The fraction of sp³-hybridized carbons (Fsp3) is 0.980. The van der Waals surface area contributed by atoms with Crippen molar-refractivity contribution in [3.05, 3.63) is 0 Å². The normalized spacial score (nSPS) is 20.1. The van der Waals surface area contributed by atoms with E-state index in [-0.39, 0.29) is 12.5 Å². The number of carbonyl (C=O) groups excluding carboxylic acids is 1. The molecule has 7 atom stereocenters. The van der Waals surface area contributed by atoms with Crippen molar-refractivity contribution in [3.8, 4) is 0 Å². The number of hydrogen-bond donors (Lipinski definition) is 6. The van der Waals surface area contributed by atoms with Crippen LogP contribution in [0.2, 0.25) is 0 Å². The molecule has 12 nitrogen and oxygen atoms in total. The zero-order valence-electron chi connectivity index (χ0n) is 41.1. The van der Waals surface area contributed by atoms with Crippen molar-refractivity contribution in [3.63, 3.8) is 0 Å². The van der Waals surface area contributed by atoms with Gasteiger partial charge in [-0.3, -0.25) is 9.35 Å². The number of amides is 1. The standard InChI is InChI=1S/C51H101NO11S/c1-3-5-7-9-11-13-14-15-16-17-18-19-20-21-22-23-24-25-26-27-28-29-30-31-33-35-37-39-41-47(55)52-44(45(54)40-38-36-34-32-12-10-8-6-4-2)43-61-51-49(57)50(63-64(58,59)60)48(56)46(42-53)62-51/h44-46,48-51,53-54,56-57H,3-43H2,1-2H3,(H,52,55)(H,58,59,60). The Balaban J connectivity index is 2.22. The minimum Gasteiger partial charge on any atom is -0.394 e. The fourth-order valence-corrected chi connectivity index (χ4v) is 9.50. The molecule has 382 valence electrons. The van der Waals surface area contributed by atoms with Gasteiger partial charge in [0.25, 0.3) is 0 Å². The Bertz CT molecular complexity index is 1150. The molecule has 0 aromatic carbocycles. The number of ether oxygens (including phenoxy) is 2. The van der Waals surface area contributed by atoms with E-state index in [2.05, 4.69) is 23.3 Å². The maximum atomic E-state index is 13.1. The molecule has 0 bridgehead atoms. The monoisotopic (exact) mass is 936 g/mol. The van der Waals surface area contributed by atoms with Crippen molar-refractivity contribution in [2.75, 3.05) is 13.2 Å². The number of aliphatic hydroxyl groups is 4. The Labute approximate surface area is 392 Å². The minimum atomic E-state index is -5.07. The Morgan fingerprint density at radius 3 is 1.25 bits per heavy atom. The van der Waals surface area contributed by atoms with E-state index >= 15 is 0 Å². The van der Waals surface area contributed by atoms with Crippen molar-refractivity contribution in [1.29, 1.82) is 0 Å². The molecule has 1 saturated heterocycles. The number of rotatable bonds is 47. The summed E-state index contributed by atoms with van der Waals surface area (Å²) in [5.74, 6) is -0.226. The molecule has 1 fully saturated rings. The molecule has 64 heavy (non-hydrogen) atoms. The van der Waals surface area contributed by atoms with E-state index in [9.17, 15) is 38.2 Å². The summed E-state index contributed by atoms with van der Waals surface area (Å²) in [6.07, 6.45) is 38.6. The molecule has 6 N–H and O–H groups in total. The van der Waals surface area contributed by atoms with Crippen molar-refractivity contribution < 1.29 is 51.8 Å². The quantitative estimate of drug-likeness (QED) is 0.0251. The smallest absolute Gasteiger partial charge is 0.394 e. The summed E-state index contributed by atoms with van der Waals surface area (Å²) in [5.41, 5.74) is 0. The van der Waals surface area contributed by atoms with Gasteiger partial charge in [-0.25, -0.2) is 4.18 Å². The van der Waals surface area contributed by atoms with Crippen molar-refractivity contribution in [1.82, 2.24) is 5.32 Å². The van der Waals surface area contributed by atoms with Gasteiger partial charge in [0.05, 0.1) is 25.4 Å². The molecule has 1 aliphatic heterocycles. The van der Waals surface area contributed by atoms with Crippen LogP contribution in [0.25, 0.3) is 0 Å². The van der Waals surface area contributed by atoms with E-state index in [0.717, 1.165) is 51.4 Å². The van der Waals surface area contributed by atoms with Crippen LogP contribution < -0.4 is 5.32 Å². The summed E-state index contributed by atoms with van der Waals surface area (Å²) in [7, 11) is -5.07. The van der Waals surface area contributed by atoms with Crippen LogP contribution in [0.15, 0.2) is 0 Å². The van der Waals surface area contributed by atoms with Gasteiger partial charge in [0, 0.05) is 6.42 Å². The largest absolute Gasteiger partial charge is 0.397 e. The van der Waals surface area contributed by atoms with E-state index in [4.69, 9.17) is 9.47 Å². The average Bonchev–Trinajstić information content (AvgIpc) is 3.27. The molecule has 0 aromatic rings. The first-order valence-corrected chi connectivity index (χ1v) is 28.3. The summed E-state index contributed by atoms with van der Waals surface area (Å²) < 4.78 is 47.6. The number of aliphatic hydroxyl groups excluding tert-OH is 4. The first-order chi connectivity index (χ1) is 31.0. The maximum absolute atomic E-state index is 13.1. The topological polar surface area (TPSA) is 192 Å². The average molecular weight is 936 g/mol. The van der Waals surface area contributed by atoms with Crippen molar-refractivity contribution in [2.24, 2.45) is 0 Å². The molecule has 1 amide bonds. The first kappa shape index (κ1) is 61.1. The highest BCUT2D eigenvalue weighted by Gasteiger charge is 2.48. The molecule has 7 unspecified atom stereocenters. The lowest BCUT2D eigenvalue weighted by atomic mass is 9.99. The third kappa shape index (κ3) is 34.4. The van der Waals surface area contributed by atoms with Crippen LogP contribution in [-0.2, 0) is 28.9 Å². The summed E-state index contributed by atoms with van der Waals surface area (Å²) >= 11 is 0. The van der Waals surface area contributed by atoms with Gasteiger partial charge in [0.1, 0.15) is 24.4 Å². The van der Waals surface area contributed by atoms with Gasteiger partial charge in [-0.2, -0.15) is 8.42 Å². The second kappa shape index (κ2) is 42.2. The van der Waals surface area contributed by atoms with Crippen LogP contribution >= 0.6 is 0 Å². The Kier molecular flexibility index (Phi) is 40.3. The van der Waals surface area contributed by atoms with E-state index in [0.29, 0.717) is 12.8 Å². The molecule has 1 aliphatic rings. The molecule has 1 rings (SSSR count). The fourth-order valence-electron chi connectivity index (χ4n) is 8.99. The summed E-state index contributed by atoms with van der Waals surface area (Å²) in [6, 6.07) is -0.850. The lowest BCUT2D eigenvalue weighted by molar-refractivity contribution is -0.298. The van der Waals surface area contributed by atoms with E-state index < -0.39 is 59.9 Å². The summed E-state index contributed by atoms with van der Waals surface area (Å²) in [5, 5.41) is 44.8. The van der Waals surface area contributed by atoms with Gasteiger partial charge in [-0.15, -0.1) is 0 Å². The molecule has 13 heteroatoms. The van der Waals surface area contributed by atoms with Crippen LogP contribution in [0, 0.1) is 0 Å². The molecular formula is C51H101NO11S. The van der Waals surface area contributed by atoms with Gasteiger partial charge in [0.2, 0.25) is 5.91 Å². The third-order valence-electron chi connectivity index (χ3n) is 13.2. The Morgan fingerprint density at radius 1 is 0.562 bits per heavy atom. The molecule has 0 spiro atoms. The zero-order valence-corrected chi connectivity index (χ0v) is 41.9. The molecular weight excluding hydrogens is 835 g/mol. The highest BCUT2D eigenvalue weighted by atomic mass is 32.3. The number of nitrogens with one attached hydrogen (secondary N) is 1. The minimum absolute atomic E-state index is 0.226. The first-order valence-electron chi connectivity index (χ1n) is 26.9. The SMILES string of the molecule is CCCCCCCCCCCCCCCCCCCCCCCCCCCCCCC(=O)NC(COC1OC(CO)C(O)C(OS(=O)(=O)O)C1O)C(O)CCCCCCCCCCC. The van der Waals surface area contributed by atoms with E-state index in [1.807, 2.05) is 0 Å². The predicted molar refractivity (Wildman–Crippen MR) is 259 cm³/mol. The molecule has 0 aliphatic carbocycles. The van der Waals surface area contributed by atoms with Crippen LogP contribution in [0.3, 0.4) is 0 Å². The summed E-state index contributed by atoms with van der Waals surface area (Å²) in [6.45, 7) is 3.45. The molecule has 0 saturated carbocycles. The Hall–Kier alpha value is -0.900. The highest BCUT2D eigenvalue weighted by Crippen LogP contribution is 2.26. The van der Waals surface area contributed by atoms with Crippen molar-refractivity contribution >= 4 is 16.3 Å². The van der Waals surface area contributed by atoms with Crippen LogP contribution in [0.1, 0.15) is 264 Å². The number of unbranched alkanes of at least 4 members (excludes halogenated alkanes) is 35. The summed E-state index contributed by atoms with van der Waals surface area (Å²) in [4.78, 5) is 13.1. The third-order valence-corrected chi connectivity index (χ3v) is 13.6. The van der Waals surface area contributed by atoms with Crippen LogP contribution in [0.4, 0.5) is 0 Å². The second-order valence-corrected chi connectivity index (χ2v) is 20.2. The van der Waals surface area contributed by atoms with Gasteiger partial charge in [0.15, 0.2) is 6.29 Å². The van der Waals surface area contributed by atoms with Crippen LogP contribution in [-0.4, -0.2) is 95.4 Å². The van der Waals surface area contributed by atoms with E-state index in [1.54, 1.807) is 0 Å². The van der Waals surface area contributed by atoms with Gasteiger partial charge < -0.3 is 35.2 Å². The maximum Gasteiger partial charge on any atom is 0.397 e. The van der Waals surface area contributed by atoms with Crippen molar-refractivity contribution in [2.45, 2.75) is 307 Å². The highest BCUT2D eigenvalue weighted by molar-refractivity contribution is 7.80. The molecule has 0 radical (unpaired) electrons. The molecule has 0 aromatic heterocycles. The predicted octanol–water partition coefficient (Wildman–Crippen LogP) is 11.7. The van der Waals surface area contributed by atoms with E-state index in [1.165, 1.54) is 186 Å². The Morgan fingerprint density at radius 2 is 0.906 bits per heavy atom. The lowest BCUT2D eigenvalue weighted by Gasteiger charge is -2.41. The zero-order chi connectivity index (χ0) is 46.9. The second-order valence-electron chi connectivity index (χ2n) is 19.2. The van der Waals surface area contributed by atoms with Gasteiger partial charge in [-0.05, 0) is 12.8 Å².